The third-order valence-electron chi connectivity index (χ3n) is 2.65. The molecule has 1 aromatic heterocycles. The summed E-state index contributed by atoms with van der Waals surface area (Å²) in [7, 11) is 0. The van der Waals surface area contributed by atoms with E-state index in [1.165, 1.54) is 0 Å². The van der Waals surface area contributed by atoms with E-state index >= 15 is 0 Å². The minimum atomic E-state index is 0.538. The molecule has 1 heterocycles. The number of benzene rings is 1. The summed E-state index contributed by atoms with van der Waals surface area (Å²) in [5.41, 5.74) is 1.89. The molecule has 0 bridgehead atoms. The van der Waals surface area contributed by atoms with E-state index in [-0.39, 0.29) is 0 Å². The average Bonchev–Trinajstić information content (AvgIpc) is 2.35. The van der Waals surface area contributed by atoms with E-state index in [4.69, 9.17) is 16.3 Å². The van der Waals surface area contributed by atoms with E-state index in [9.17, 15) is 0 Å². The highest BCUT2D eigenvalue weighted by atomic mass is 35.5. The minimum absolute atomic E-state index is 0.538. The first-order valence-corrected chi connectivity index (χ1v) is 6.31. The van der Waals surface area contributed by atoms with Crippen molar-refractivity contribution >= 4 is 22.5 Å². The van der Waals surface area contributed by atoms with Crippen LogP contribution < -0.4 is 0 Å². The van der Waals surface area contributed by atoms with Gasteiger partial charge in [0.2, 0.25) is 0 Å². The summed E-state index contributed by atoms with van der Waals surface area (Å²) in [6.45, 7) is 3.46. The molecule has 0 aliphatic rings. The molecule has 2 aromatic rings. The molecule has 0 spiro atoms. The average molecular weight is 250 g/mol. The van der Waals surface area contributed by atoms with Crippen LogP contribution in [0.3, 0.4) is 0 Å². The number of hydrogen-bond donors (Lipinski definition) is 0. The van der Waals surface area contributed by atoms with Gasteiger partial charge in [-0.05, 0) is 18.6 Å². The molecule has 0 saturated heterocycles. The topological polar surface area (TPSA) is 22.1 Å². The van der Waals surface area contributed by atoms with Crippen LogP contribution in [0.5, 0.6) is 0 Å². The predicted molar refractivity (Wildman–Crippen MR) is 71.3 cm³/mol. The van der Waals surface area contributed by atoms with Crippen molar-refractivity contribution in [2.24, 2.45) is 0 Å². The Labute approximate surface area is 107 Å². The van der Waals surface area contributed by atoms with Crippen molar-refractivity contribution in [3.8, 4) is 0 Å². The lowest BCUT2D eigenvalue weighted by Crippen LogP contribution is -1.97. The maximum absolute atomic E-state index is 6.12. The van der Waals surface area contributed by atoms with Crippen molar-refractivity contribution < 1.29 is 4.74 Å². The number of unbranched alkanes of at least 4 members (excludes halogenated alkanes) is 1. The van der Waals surface area contributed by atoms with Crippen LogP contribution in [0, 0.1) is 0 Å². The molecule has 1 aromatic carbocycles. The summed E-state index contributed by atoms with van der Waals surface area (Å²) in [6, 6.07) is 10.0. The van der Waals surface area contributed by atoms with Gasteiger partial charge in [0, 0.05) is 17.6 Å². The van der Waals surface area contributed by atoms with Gasteiger partial charge < -0.3 is 4.74 Å². The molecular formula is C14H16ClNO. The second kappa shape index (κ2) is 5.99. The first kappa shape index (κ1) is 12.3. The van der Waals surface area contributed by atoms with Crippen LogP contribution in [0.25, 0.3) is 10.9 Å². The third kappa shape index (κ3) is 3.18. The highest BCUT2D eigenvalue weighted by molar-refractivity contribution is 6.30. The van der Waals surface area contributed by atoms with Crippen molar-refractivity contribution in [2.75, 3.05) is 6.61 Å². The molecule has 0 unspecified atom stereocenters. The molecule has 0 N–H and O–H groups in total. The number of aromatic nitrogens is 1. The summed E-state index contributed by atoms with van der Waals surface area (Å²) in [5.74, 6) is 0. The molecule has 17 heavy (non-hydrogen) atoms. The van der Waals surface area contributed by atoms with Crippen LogP contribution in [-0.2, 0) is 11.3 Å². The van der Waals surface area contributed by atoms with Crippen LogP contribution >= 0.6 is 11.6 Å². The second-order valence-corrected chi connectivity index (χ2v) is 4.40. The zero-order valence-corrected chi connectivity index (χ0v) is 10.7. The number of nitrogens with zero attached hydrogens (tertiary/aromatic N) is 1. The lowest BCUT2D eigenvalue weighted by atomic mass is 10.2. The number of pyridine rings is 1. The van der Waals surface area contributed by atoms with Crippen molar-refractivity contribution in [2.45, 2.75) is 26.4 Å². The van der Waals surface area contributed by atoms with Crippen LogP contribution in [0.4, 0.5) is 0 Å². The van der Waals surface area contributed by atoms with Crippen LogP contribution in [0.2, 0.25) is 5.15 Å². The number of para-hydroxylation sites is 1. The van der Waals surface area contributed by atoms with Gasteiger partial charge in [0.05, 0.1) is 12.1 Å². The molecule has 2 rings (SSSR count). The van der Waals surface area contributed by atoms with Crippen molar-refractivity contribution in [1.82, 2.24) is 4.98 Å². The van der Waals surface area contributed by atoms with Gasteiger partial charge in [-0.1, -0.05) is 43.1 Å². The molecule has 0 saturated carbocycles. The Kier molecular flexibility index (Phi) is 4.35. The smallest absolute Gasteiger partial charge is 0.135 e. The number of fused-ring (bicyclic) bond motifs is 1. The fourth-order valence-corrected chi connectivity index (χ4v) is 1.87. The Morgan fingerprint density at radius 3 is 2.94 bits per heavy atom. The van der Waals surface area contributed by atoms with Crippen LogP contribution in [-0.4, -0.2) is 11.6 Å². The van der Waals surface area contributed by atoms with E-state index in [0.717, 1.165) is 35.9 Å². The van der Waals surface area contributed by atoms with Crippen molar-refractivity contribution in [3.63, 3.8) is 0 Å². The molecule has 90 valence electrons. The maximum Gasteiger partial charge on any atom is 0.135 e. The summed E-state index contributed by atoms with van der Waals surface area (Å²) in [5, 5.41) is 1.64. The highest BCUT2D eigenvalue weighted by Crippen LogP contribution is 2.21. The Bertz CT molecular complexity index is 499. The molecule has 0 aliphatic carbocycles. The molecule has 0 fully saturated rings. The standard InChI is InChI=1S/C14H16ClNO/c1-2-3-8-17-10-12-9-11-6-4-5-7-13(11)16-14(12)15/h4-7,9H,2-3,8,10H2,1H3. The SMILES string of the molecule is CCCCOCc1cc2ccccc2nc1Cl. The van der Waals surface area contributed by atoms with E-state index < -0.39 is 0 Å². The summed E-state index contributed by atoms with van der Waals surface area (Å²) < 4.78 is 5.57. The van der Waals surface area contributed by atoms with Gasteiger partial charge in [0.15, 0.2) is 0 Å². The molecule has 0 aliphatic heterocycles. The van der Waals surface area contributed by atoms with E-state index in [2.05, 4.69) is 18.0 Å². The quantitative estimate of drug-likeness (QED) is 0.585. The second-order valence-electron chi connectivity index (χ2n) is 4.04. The number of rotatable bonds is 5. The van der Waals surface area contributed by atoms with Crippen molar-refractivity contribution in [1.29, 1.82) is 0 Å². The van der Waals surface area contributed by atoms with Crippen LogP contribution in [0.15, 0.2) is 30.3 Å². The van der Waals surface area contributed by atoms with E-state index in [0.29, 0.717) is 11.8 Å². The number of hydrogen-bond acceptors (Lipinski definition) is 2. The van der Waals surface area contributed by atoms with Gasteiger partial charge in [-0.3, -0.25) is 0 Å². The fourth-order valence-electron chi connectivity index (χ4n) is 1.67. The molecule has 0 amide bonds. The molecule has 2 nitrogen and oxygen atoms in total. The molecule has 0 radical (unpaired) electrons. The fraction of sp³-hybridized carbons (Fsp3) is 0.357. The van der Waals surface area contributed by atoms with Crippen molar-refractivity contribution in [3.05, 3.63) is 41.0 Å². The summed E-state index contributed by atoms with van der Waals surface area (Å²) in [6.07, 6.45) is 2.22. The molecular weight excluding hydrogens is 234 g/mol. The summed E-state index contributed by atoms with van der Waals surface area (Å²) in [4.78, 5) is 4.36. The van der Waals surface area contributed by atoms with E-state index in [1.807, 2.05) is 24.3 Å². The van der Waals surface area contributed by atoms with E-state index in [1.54, 1.807) is 0 Å². The Morgan fingerprint density at radius 1 is 1.29 bits per heavy atom. The van der Waals surface area contributed by atoms with Crippen LogP contribution in [0.1, 0.15) is 25.3 Å². The van der Waals surface area contributed by atoms with Gasteiger partial charge in [0.25, 0.3) is 0 Å². The predicted octanol–water partition coefficient (Wildman–Crippen LogP) is 4.20. The maximum atomic E-state index is 6.12. The van der Waals surface area contributed by atoms with Gasteiger partial charge in [-0.2, -0.15) is 0 Å². The van der Waals surface area contributed by atoms with Gasteiger partial charge >= 0.3 is 0 Å². The zero-order valence-electron chi connectivity index (χ0n) is 9.95. The Hall–Kier alpha value is -1.12. The monoisotopic (exact) mass is 249 g/mol. The molecule has 3 heteroatoms. The first-order valence-electron chi connectivity index (χ1n) is 5.93. The van der Waals surface area contributed by atoms with Gasteiger partial charge in [0.1, 0.15) is 5.15 Å². The minimum Gasteiger partial charge on any atom is -0.377 e. The number of halogens is 1. The van der Waals surface area contributed by atoms with Gasteiger partial charge in [-0.15, -0.1) is 0 Å². The van der Waals surface area contributed by atoms with Gasteiger partial charge in [-0.25, -0.2) is 4.98 Å². The zero-order chi connectivity index (χ0) is 12.1. The Morgan fingerprint density at radius 2 is 2.12 bits per heavy atom. The third-order valence-corrected chi connectivity index (χ3v) is 2.98. The summed E-state index contributed by atoms with van der Waals surface area (Å²) >= 11 is 6.12. The lowest BCUT2D eigenvalue weighted by molar-refractivity contribution is 0.118. The lowest BCUT2D eigenvalue weighted by Gasteiger charge is -2.07. The largest absolute Gasteiger partial charge is 0.377 e. The number of ether oxygens (including phenoxy) is 1. The first-order chi connectivity index (χ1) is 8.31. The Balaban J connectivity index is 2.14. The molecule has 0 atom stereocenters. The normalized spacial score (nSPS) is 10.9. The highest BCUT2D eigenvalue weighted by Gasteiger charge is 2.04.